The molecule has 3 heterocycles. The maximum absolute atomic E-state index is 10.4. The number of hydrogen-bond acceptors (Lipinski definition) is 10. The fraction of sp³-hybridized carbons (Fsp3) is 0.409. The average Bonchev–Trinajstić information content (AvgIpc) is 3.35. The summed E-state index contributed by atoms with van der Waals surface area (Å²) in [7, 11) is 0. The second-order valence-electron chi connectivity index (χ2n) is 8.03. The molecule has 1 fully saturated rings. The molecule has 0 amide bonds. The van der Waals surface area contributed by atoms with Crippen LogP contribution in [0.1, 0.15) is 5.56 Å². The highest BCUT2D eigenvalue weighted by molar-refractivity contribution is 6.00. The lowest BCUT2D eigenvalue weighted by Gasteiger charge is -2.32. The van der Waals surface area contributed by atoms with E-state index in [4.69, 9.17) is 15.2 Å². The largest absolute Gasteiger partial charge is 0.463 e. The molecule has 0 aromatic heterocycles. The van der Waals surface area contributed by atoms with E-state index >= 15 is 0 Å². The maximum Gasteiger partial charge on any atom is 0.315 e. The van der Waals surface area contributed by atoms with Crippen LogP contribution in [-0.2, 0) is 15.9 Å². The number of nitrogens with zero attached hydrogens (tertiary/aromatic N) is 4. The number of benzene rings is 2. The van der Waals surface area contributed by atoms with Crippen LogP contribution in [0.4, 0.5) is 0 Å². The van der Waals surface area contributed by atoms with E-state index in [1.54, 1.807) is 4.90 Å². The molecule has 0 spiro atoms. The minimum atomic E-state index is -1.23. The zero-order valence-electron chi connectivity index (χ0n) is 17.2. The summed E-state index contributed by atoms with van der Waals surface area (Å²) in [6.07, 6.45) is -2.73. The van der Waals surface area contributed by atoms with Gasteiger partial charge in [0.2, 0.25) is 0 Å². The standard InChI is InChI=1S/C22H25N5O5/c23-19-16-20(27(11-24-16)21-18(30)17(29)15(10-28)32-21)26-22(25-19)31-8-7-12-5-6-13-3-1-2-4-14(13)9-12/h1-6,9,11,15-18,20-21,28-30H,7-8,10H2,(H2,23,25,26)/t15?,16?,17-,18-,20?,21?/m1/s1. The fourth-order valence-electron chi connectivity index (χ4n) is 4.21. The third-order valence-corrected chi connectivity index (χ3v) is 5.97. The molecular formula is C22H25N5O5. The summed E-state index contributed by atoms with van der Waals surface area (Å²) in [5.74, 6) is 0.246. The summed E-state index contributed by atoms with van der Waals surface area (Å²) < 4.78 is 11.4. The Kier molecular flexibility index (Phi) is 5.51. The highest BCUT2D eigenvalue weighted by atomic mass is 16.6. The van der Waals surface area contributed by atoms with Crippen molar-refractivity contribution >= 4 is 29.0 Å². The first-order valence-electron chi connectivity index (χ1n) is 10.5. The monoisotopic (exact) mass is 439 g/mol. The van der Waals surface area contributed by atoms with E-state index < -0.39 is 43.4 Å². The normalized spacial score (nSPS) is 31.5. The van der Waals surface area contributed by atoms with E-state index in [1.165, 1.54) is 17.1 Å². The number of hydrogen-bond donors (Lipinski definition) is 4. The fourth-order valence-corrected chi connectivity index (χ4v) is 4.21. The molecule has 10 heteroatoms. The topological polar surface area (TPSA) is 145 Å². The second-order valence-corrected chi connectivity index (χ2v) is 8.03. The molecule has 0 bridgehead atoms. The van der Waals surface area contributed by atoms with Crippen LogP contribution in [0.5, 0.6) is 0 Å². The van der Waals surface area contributed by atoms with Gasteiger partial charge in [0.15, 0.2) is 12.4 Å². The molecule has 2 aromatic rings. The summed E-state index contributed by atoms with van der Waals surface area (Å²) in [6.45, 7) is -0.0517. The SMILES string of the molecule is NC1=NC(OCCc2ccc3ccccc3c2)=NC2C1N=CN2C1OC(CO)[C@@H](O)[C@H]1O. The molecule has 32 heavy (non-hydrogen) atoms. The Balaban J connectivity index is 1.26. The Labute approximate surface area is 184 Å². The van der Waals surface area contributed by atoms with E-state index in [9.17, 15) is 15.3 Å². The van der Waals surface area contributed by atoms with Crippen LogP contribution in [0.3, 0.4) is 0 Å². The number of aliphatic hydroxyl groups excluding tert-OH is 3. The zero-order chi connectivity index (χ0) is 22.2. The van der Waals surface area contributed by atoms with E-state index in [1.807, 2.05) is 12.1 Å². The lowest BCUT2D eigenvalue weighted by atomic mass is 10.1. The molecule has 2 aromatic carbocycles. The average molecular weight is 439 g/mol. The van der Waals surface area contributed by atoms with Crippen molar-refractivity contribution in [3.8, 4) is 0 Å². The van der Waals surface area contributed by atoms with Crippen LogP contribution in [0.15, 0.2) is 57.4 Å². The highest BCUT2D eigenvalue weighted by Crippen LogP contribution is 2.30. The van der Waals surface area contributed by atoms with Gasteiger partial charge in [0, 0.05) is 6.42 Å². The molecule has 168 valence electrons. The van der Waals surface area contributed by atoms with Crippen molar-refractivity contribution in [2.75, 3.05) is 13.2 Å². The first kappa shape index (κ1) is 20.8. The molecular weight excluding hydrogens is 414 g/mol. The Morgan fingerprint density at radius 3 is 2.69 bits per heavy atom. The minimum absolute atomic E-state index is 0.131. The maximum atomic E-state index is 10.4. The third-order valence-electron chi connectivity index (χ3n) is 5.97. The van der Waals surface area contributed by atoms with Crippen molar-refractivity contribution in [1.29, 1.82) is 0 Å². The van der Waals surface area contributed by atoms with Gasteiger partial charge in [0.05, 0.1) is 19.6 Å². The molecule has 10 nitrogen and oxygen atoms in total. The second kappa shape index (κ2) is 8.47. The molecule has 5 rings (SSSR count). The van der Waals surface area contributed by atoms with Crippen LogP contribution >= 0.6 is 0 Å². The molecule has 0 saturated carbocycles. The van der Waals surface area contributed by atoms with Gasteiger partial charge >= 0.3 is 6.02 Å². The lowest BCUT2D eigenvalue weighted by molar-refractivity contribution is -0.0780. The van der Waals surface area contributed by atoms with Crippen LogP contribution < -0.4 is 5.73 Å². The van der Waals surface area contributed by atoms with Crippen LogP contribution in [0.2, 0.25) is 0 Å². The van der Waals surface area contributed by atoms with Gasteiger partial charge in [-0.25, -0.2) is 4.99 Å². The Hall–Kier alpha value is -3.05. The quantitative estimate of drug-likeness (QED) is 0.496. The highest BCUT2D eigenvalue weighted by Gasteiger charge is 2.50. The molecule has 6 atom stereocenters. The molecule has 1 saturated heterocycles. The van der Waals surface area contributed by atoms with Gasteiger partial charge in [-0.05, 0) is 16.3 Å². The van der Waals surface area contributed by atoms with Crippen molar-refractivity contribution in [3.63, 3.8) is 0 Å². The van der Waals surface area contributed by atoms with Gasteiger partial charge < -0.3 is 35.4 Å². The Morgan fingerprint density at radius 2 is 1.91 bits per heavy atom. The number of fused-ring (bicyclic) bond motifs is 2. The van der Waals surface area contributed by atoms with Crippen molar-refractivity contribution in [3.05, 3.63) is 48.0 Å². The predicted octanol–water partition coefficient (Wildman–Crippen LogP) is -0.397. The minimum Gasteiger partial charge on any atom is -0.463 e. The van der Waals surface area contributed by atoms with E-state index in [0.717, 1.165) is 5.56 Å². The molecule has 5 N–H and O–H groups in total. The van der Waals surface area contributed by atoms with E-state index in [0.29, 0.717) is 13.0 Å². The number of rotatable bonds is 5. The Morgan fingerprint density at radius 1 is 1.09 bits per heavy atom. The molecule has 4 unspecified atom stereocenters. The Bertz CT molecular complexity index is 1090. The summed E-state index contributed by atoms with van der Waals surface area (Å²) in [6, 6.07) is 14.0. The van der Waals surface area contributed by atoms with Gasteiger partial charge in [-0.2, -0.15) is 4.99 Å². The van der Waals surface area contributed by atoms with Crippen molar-refractivity contribution < 1.29 is 24.8 Å². The lowest BCUT2D eigenvalue weighted by Crippen LogP contribution is -2.52. The first-order chi connectivity index (χ1) is 15.5. The zero-order valence-corrected chi connectivity index (χ0v) is 17.2. The number of ether oxygens (including phenoxy) is 2. The van der Waals surface area contributed by atoms with Gasteiger partial charge in [-0.1, -0.05) is 42.5 Å². The molecule has 0 aliphatic carbocycles. The number of aliphatic imine (C=N–C) groups is 3. The van der Waals surface area contributed by atoms with Crippen LogP contribution in [-0.4, -0.2) is 88.4 Å². The molecule has 3 aliphatic rings. The summed E-state index contributed by atoms with van der Waals surface area (Å²) in [5, 5.41) is 32.1. The number of amidine groups is 2. The number of nitrogens with two attached hydrogens (primary N) is 1. The van der Waals surface area contributed by atoms with Crippen molar-refractivity contribution in [1.82, 2.24) is 4.90 Å². The van der Waals surface area contributed by atoms with E-state index in [2.05, 4.69) is 45.3 Å². The van der Waals surface area contributed by atoms with E-state index in [-0.39, 0.29) is 11.9 Å². The van der Waals surface area contributed by atoms with Gasteiger partial charge in [0.25, 0.3) is 0 Å². The van der Waals surface area contributed by atoms with Crippen LogP contribution in [0.25, 0.3) is 10.8 Å². The first-order valence-corrected chi connectivity index (χ1v) is 10.5. The summed E-state index contributed by atoms with van der Waals surface area (Å²) in [5.41, 5.74) is 7.22. The van der Waals surface area contributed by atoms with Crippen LogP contribution in [0, 0.1) is 0 Å². The molecule has 0 radical (unpaired) electrons. The van der Waals surface area contributed by atoms with Gasteiger partial charge in [0.1, 0.15) is 30.2 Å². The van der Waals surface area contributed by atoms with Crippen molar-refractivity contribution in [2.45, 2.75) is 43.2 Å². The number of aliphatic hydroxyl groups is 3. The third kappa shape index (κ3) is 3.71. The van der Waals surface area contributed by atoms with Gasteiger partial charge in [-0.15, -0.1) is 0 Å². The smallest absolute Gasteiger partial charge is 0.315 e. The summed E-state index contributed by atoms with van der Waals surface area (Å²) >= 11 is 0. The summed E-state index contributed by atoms with van der Waals surface area (Å²) in [4.78, 5) is 14.6. The van der Waals surface area contributed by atoms with Gasteiger partial charge in [-0.3, -0.25) is 4.99 Å². The predicted molar refractivity (Wildman–Crippen MR) is 118 cm³/mol. The van der Waals surface area contributed by atoms with Crippen molar-refractivity contribution in [2.24, 2.45) is 20.7 Å². The molecule has 3 aliphatic heterocycles.